The van der Waals surface area contributed by atoms with Crippen molar-refractivity contribution in [3.05, 3.63) is 29.3 Å². The fraction of sp³-hybridized carbons (Fsp3) is 0.600. The van der Waals surface area contributed by atoms with Gasteiger partial charge in [0.2, 0.25) is 0 Å². The van der Waals surface area contributed by atoms with Crippen molar-refractivity contribution in [2.24, 2.45) is 11.1 Å². The van der Waals surface area contributed by atoms with Gasteiger partial charge in [-0.1, -0.05) is 38.5 Å². The maximum atomic E-state index is 6.38. The van der Waals surface area contributed by atoms with Crippen LogP contribution in [0.4, 0.5) is 0 Å². The Morgan fingerprint density at radius 3 is 2.22 bits per heavy atom. The highest BCUT2D eigenvalue weighted by Crippen LogP contribution is 2.35. The van der Waals surface area contributed by atoms with Gasteiger partial charge in [-0.15, -0.1) is 0 Å². The Bertz CT molecular complexity index is 396. The summed E-state index contributed by atoms with van der Waals surface area (Å²) in [5.74, 6) is 0.819. The molecule has 0 aliphatic carbocycles. The summed E-state index contributed by atoms with van der Waals surface area (Å²) >= 11 is 0. The standard InChI is InChI=1S/C15H25NO2/c1-10-7-8-12(17-5)11(9-10)13(16)14(18-6)15(2,3)4/h7-9,13-14H,16H2,1-6H3. The molecule has 0 amide bonds. The third-order valence-corrected chi connectivity index (χ3v) is 3.18. The molecule has 0 spiro atoms. The Morgan fingerprint density at radius 2 is 1.78 bits per heavy atom. The molecule has 1 rings (SSSR count). The number of ether oxygens (including phenoxy) is 2. The van der Waals surface area contributed by atoms with E-state index < -0.39 is 0 Å². The molecule has 0 aliphatic heterocycles. The van der Waals surface area contributed by atoms with Crippen LogP contribution < -0.4 is 10.5 Å². The van der Waals surface area contributed by atoms with Crippen LogP contribution in [0, 0.1) is 12.3 Å². The molecular formula is C15H25NO2. The van der Waals surface area contributed by atoms with Crippen LogP contribution in [0.25, 0.3) is 0 Å². The summed E-state index contributed by atoms with van der Waals surface area (Å²) in [7, 11) is 3.37. The first-order chi connectivity index (χ1) is 8.31. The third kappa shape index (κ3) is 3.24. The lowest BCUT2D eigenvalue weighted by Crippen LogP contribution is -2.38. The number of nitrogens with two attached hydrogens (primary N) is 1. The normalized spacial score (nSPS) is 15.3. The predicted molar refractivity (Wildman–Crippen MR) is 74.9 cm³/mol. The summed E-state index contributed by atoms with van der Waals surface area (Å²) in [6, 6.07) is 5.85. The van der Waals surface area contributed by atoms with Gasteiger partial charge < -0.3 is 15.2 Å². The van der Waals surface area contributed by atoms with Gasteiger partial charge in [0.1, 0.15) is 5.75 Å². The molecule has 0 fully saturated rings. The van der Waals surface area contributed by atoms with Crippen LogP contribution in [0.5, 0.6) is 5.75 Å². The van der Waals surface area contributed by atoms with Gasteiger partial charge in [-0.2, -0.15) is 0 Å². The number of rotatable bonds is 4. The lowest BCUT2D eigenvalue weighted by molar-refractivity contribution is -0.00289. The molecule has 0 radical (unpaired) electrons. The average molecular weight is 251 g/mol. The molecule has 1 aromatic carbocycles. The summed E-state index contributed by atoms with van der Waals surface area (Å²) in [6.07, 6.45) is -0.0619. The maximum Gasteiger partial charge on any atom is 0.123 e. The van der Waals surface area contributed by atoms with E-state index >= 15 is 0 Å². The molecule has 3 nitrogen and oxygen atoms in total. The first-order valence-electron chi connectivity index (χ1n) is 6.24. The van der Waals surface area contributed by atoms with Gasteiger partial charge in [-0.3, -0.25) is 0 Å². The topological polar surface area (TPSA) is 44.5 Å². The smallest absolute Gasteiger partial charge is 0.123 e. The minimum absolute atomic E-state index is 0.0249. The molecule has 2 atom stereocenters. The Kier molecular flexibility index (Phi) is 4.77. The Balaban J connectivity index is 3.16. The monoisotopic (exact) mass is 251 g/mol. The molecule has 0 heterocycles. The molecule has 1 aromatic rings. The molecule has 2 unspecified atom stereocenters. The fourth-order valence-electron chi connectivity index (χ4n) is 2.32. The lowest BCUT2D eigenvalue weighted by atomic mass is 9.82. The highest BCUT2D eigenvalue weighted by atomic mass is 16.5. The zero-order chi connectivity index (χ0) is 13.9. The third-order valence-electron chi connectivity index (χ3n) is 3.18. The van der Waals surface area contributed by atoms with Crippen molar-refractivity contribution >= 4 is 0 Å². The first-order valence-corrected chi connectivity index (χ1v) is 6.24. The van der Waals surface area contributed by atoms with Crippen LogP contribution in [-0.2, 0) is 4.74 Å². The Labute approximate surface area is 110 Å². The summed E-state index contributed by atoms with van der Waals surface area (Å²) in [5.41, 5.74) is 8.52. The zero-order valence-corrected chi connectivity index (χ0v) is 12.3. The Morgan fingerprint density at radius 1 is 1.17 bits per heavy atom. The summed E-state index contributed by atoms with van der Waals surface area (Å²) in [5, 5.41) is 0. The minimum atomic E-state index is -0.204. The van der Waals surface area contributed by atoms with Crippen molar-refractivity contribution in [3.8, 4) is 5.75 Å². The average Bonchev–Trinajstić information content (AvgIpc) is 2.27. The largest absolute Gasteiger partial charge is 0.496 e. The van der Waals surface area contributed by atoms with Crippen molar-refractivity contribution in [3.63, 3.8) is 0 Å². The number of aryl methyl sites for hydroxylation is 1. The molecule has 102 valence electrons. The van der Waals surface area contributed by atoms with Gasteiger partial charge >= 0.3 is 0 Å². The number of benzene rings is 1. The second kappa shape index (κ2) is 5.72. The van der Waals surface area contributed by atoms with Gasteiger partial charge in [0.25, 0.3) is 0 Å². The highest BCUT2D eigenvalue weighted by Gasteiger charge is 2.32. The van der Waals surface area contributed by atoms with Crippen LogP contribution in [0.1, 0.15) is 37.9 Å². The highest BCUT2D eigenvalue weighted by molar-refractivity contribution is 5.39. The quantitative estimate of drug-likeness (QED) is 0.894. The predicted octanol–water partition coefficient (Wildman–Crippen LogP) is 3.06. The zero-order valence-electron chi connectivity index (χ0n) is 12.3. The van der Waals surface area contributed by atoms with Crippen molar-refractivity contribution in [1.29, 1.82) is 0 Å². The number of methoxy groups -OCH3 is 2. The number of hydrogen-bond acceptors (Lipinski definition) is 3. The van der Waals surface area contributed by atoms with E-state index in [1.54, 1.807) is 14.2 Å². The van der Waals surface area contributed by atoms with E-state index in [0.29, 0.717) is 0 Å². The second-order valence-electron chi connectivity index (χ2n) is 5.79. The first kappa shape index (κ1) is 15.0. The van der Waals surface area contributed by atoms with Crippen molar-refractivity contribution in [1.82, 2.24) is 0 Å². The van der Waals surface area contributed by atoms with Crippen LogP contribution >= 0.6 is 0 Å². The van der Waals surface area contributed by atoms with E-state index in [2.05, 4.69) is 33.8 Å². The summed E-state index contributed by atoms with van der Waals surface area (Å²) in [4.78, 5) is 0. The fourth-order valence-corrected chi connectivity index (χ4v) is 2.32. The van der Waals surface area contributed by atoms with Crippen molar-refractivity contribution < 1.29 is 9.47 Å². The van der Waals surface area contributed by atoms with E-state index in [0.717, 1.165) is 11.3 Å². The van der Waals surface area contributed by atoms with E-state index in [1.165, 1.54) is 5.56 Å². The molecule has 0 saturated heterocycles. The van der Waals surface area contributed by atoms with E-state index in [4.69, 9.17) is 15.2 Å². The van der Waals surface area contributed by atoms with Gasteiger partial charge in [-0.25, -0.2) is 0 Å². The Hall–Kier alpha value is -1.06. The van der Waals surface area contributed by atoms with Crippen LogP contribution in [0.2, 0.25) is 0 Å². The van der Waals surface area contributed by atoms with Crippen LogP contribution in [-0.4, -0.2) is 20.3 Å². The molecule has 18 heavy (non-hydrogen) atoms. The van der Waals surface area contributed by atoms with Crippen LogP contribution in [0.3, 0.4) is 0 Å². The summed E-state index contributed by atoms with van der Waals surface area (Å²) in [6.45, 7) is 8.43. The molecule has 0 aliphatic rings. The molecular weight excluding hydrogens is 226 g/mol. The van der Waals surface area contributed by atoms with Crippen LogP contribution in [0.15, 0.2) is 18.2 Å². The van der Waals surface area contributed by atoms with Crippen molar-refractivity contribution in [2.75, 3.05) is 14.2 Å². The van der Waals surface area contributed by atoms with Gasteiger partial charge in [-0.05, 0) is 18.4 Å². The second-order valence-corrected chi connectivity index (χ2v) is 5.79. The van der Waals surface area contributed by atoms with E-state index in [-0.39, 0.29) is 17.6 Å². The lowest BCUT2D eigenvalue weighted by Gasteiger charge is -2.34. The minimum Gasteiger partial charge on any atom is -0.496 e. The molecule has 3 heteroatoms. The molecule has 0 bridgehead atoms. The van der Waals surface area contributed by atoms with Gasteiger partial charge in [0.15, 0.2) is 0 Å². The van der Waals surface area contributed by atoms with Gasteiger partial charge in [0.05, 0.1) is 19.3 Å². The molecule has 0 aromatic heterocycles. The molecule has 2 N–H and O–H groups in total. The van der Waals surface area contributed by atoms with E-state index in [1.807, 2.05) is 12.1 Å². The maximum absolute atomic E-state index is 6.38. The number of hydrogen-bond donors (Lipinski definition) is 1. The molecule has 0 saturated carbocycles. The van der Waals surface area contributed by atoms with E-state index in [9.17, 15) is 0 Å². The SMILES string of the molecule is COc1ccc(C)cc1C(N)C(OC)C(C)(C)C. The van der Waals surface area contributed by atoms with Gasteiger partial charge in [0, 0.05) is 12.7 Å². The summed E-state index contributed by atoms with van der Waals surface area (Å²) < 4.78 is 11.0. The van der Waals surface area contributed by atoms with Crippen molar-refractivity contribution in [2.45, 2.75) is 39.8 Å².